The van der Waals surface area contributed by atoms with Crippen LogP contribution in [-0.2, 0) is 17.6 Å². The highest BCUT2D eigenvalue weighted by Gasteiger charge is 2.09. The Morgan fingerprint density at radius 1 is 1.05 bits per heavy atom. The van der Waals surface area contributed by atoms with Gasteiger partial charge in [0.1, 0.15) is 0 Å². The third-order valence-electron chi connectivity index (χ3n) is 3.82. The van der Waals surface area contributed by atoms with Crippen molar-refractivity contribution in [1.29, 1.82) is 0 Å². The Hall–Kier alpha value is -1.80. The van der Waals surface area contributed by atoms with E-state index in [2.05, 4.69) is 36.5 Å². The molecule has 0 bridgehead atoms. The Morgan fingerprint density at radius 2 is 1.64 bits per heavy atom. The monoisotopic (exact) mass is 315 g/mol. The maximum atomic E-state index is 12.1. The van der Waals surface area contributed by atoms with Gasteiger partial charge in [0.05, 0.1) is 6.04 Å². The quantitative estimate of drug-likeness (QED) is 0.821. The fourth-order valence-corrected chi connectivity index (χ4v) is 2.47. The summed E-state index contributed by atoms with van der Waals surface area (Å²) in [7, 11) is 0. The first kappa shape index (κ1) is 16.6. The van der Waals surface area contributed by atoms with Gasteiger partial charge in [-0.25, -0.2) is 0 Å². The molecule has 0 heterocycles. The van der Waals surface area contributed by atoms with E-state index in [0.29, 0.717) is 6.42 Å². The lowest BCUT2D eigenvalue weighted by Crippen LogP contribution is -2.26. The summed E-state index contributed by atoms with van der Waals surface area (Å²) in [6.45, 7) is 4.15. The fourth-order valence-electron chi connectivity index (χ4n) is 2.35. The minimum atomic E-state index is 0.0311. The van der Waals surface area contributed by atoms with Gasteiger partial charge in [-0.15, -0.1) is 0 Å². The highest BCUT2D eigenvalue weighted by Crippen LogP contribution is 2.15. The van der Waals surface area contributed by atoms with E-state index in [1.165, 1.54) is 5.56 Å². The van der Waals surface area contributed by atoms with Crippen molar-refractivity contribution in [3.63, 3.8) is 0 Å². The van der Waals surface area contributed by atoms with E-state index in [-0.39, 0.29) is 11.9 Å². The maximum Gasteiger partial charge on any atom is 0.220 e. The van der Waals surface area contributed by atoms with Crippen LogP contribution < -0.4 is 5.32 Å². The summed E-state index contributed by atoms with van der Waals surface area (Å²) in [4.78, 5) is 12.1. The van der Waals surface area contributed by atoms with Crippen molar-refractivity contribution in [1.82, 2.24) is 5.32 Å². The lowest BCUT2D eigenvalue weighted by Gasteiger charge is -2.15. The van der Waals surface area contributed by atoms with Crippen molar-refractivity contribution in [2.24, 2.45) is 0 Å². The summed E-state index contributed by atoms with van der Waals surface area (Å²) < 4.78 is 0. The summed E-state index contributed by atoms with van der Waals surface area (Å²) in [6.07, 6.45) is 2.24. The van der Waals surface area contributed by atoms with E-state index in [0.717, 1.165) is 29.0 Å². The molecule has 1 atom stereocenters. The topological polar surface area (TPSA) is 29.1 Å². The van der Waals surface area contributed by atoms with Crippen LogP contribution in [0.2, 0.25) is 5.02 Å². The van der Waals surface area contributed by atoms with Gasteiger partial charge in [-0.05, 0) is 48.6 Å². The van der Waals surface area contributed by atoms with Crippen LogP contribution in [0, 0.1) is 0 Å². The lowest BCUT2D eigenvalue weighted by atomic mass is 10.0. The van der Waals surface area contributed by atoms with Crippen molar-refractivity contribution in [3.05, 3.63) is 70.2 Å². The van der Waals surface area contributed by atoms with E-state index in [1.807, 2.05) is 31.2 Å². The van der Waals surface area contributed by atoms with Gasteiger partial charge in [-0.2, -0.15) is 0 Å². The first-order valence-electron chi connectivity index (χ1n) is 7.71. The van der Waals surface area contributed by atoms with Gasteiger partial charge in [0.2, 0.25) is 5.91 Å². The van der Waals surface area contributed by atoms with Crippen molar-refractivity contribution in [2.45, 2.75) is 39.2 Å². The van der Waals surface area contributed by atoms with Crippen LogP contribution in [0.4, 0.5) is 0 Å². The van der Waals surface area contributed by atoms with Gasteiger partial charge < -0.3 is 5.32 Å². The Labute approximate surface area is 137 Å². The molecule has 2 nitrogen and oxygen atoms in total. The molecule has 116 valence electrons. The smallest absolute Gasteiger partial charge is 0.220 e. The molecule has 0 aliphatic heterocycles. The molecule has 0 spiro atoms. The summed E-state index contributed by atoms with van der Waals surface area (Å²) in [6, 6.07) is 16.1. The largest absolute Gasteiger partial charge is 0.350 e. The molecule has 3 heteroatoms. The molecule has 1 N–H and O–H groups in total. The van der Waals surface area contributed by atoms with E-state index in [9.17, 15) is 4.79 Å². The summed E-state index contributed by atoms with van der Waals surface area (Å²) >= 11 is 5.85. The van der Waals surface area contributed by atoms with Crippen molar-refractivity contribution in [3.8, 4) is 0 Å². The Morgan fingerprint density at radius 3 is 2.23 bits per heavy atom. The molecule has 0 fully saturated rings. The average Bonchev–Trinajstić information content (AvgIpc) is 2.54. The normalized spacial score (nSPS) is 12.0. The van der Waals surface area contributed by atoms with Gasteiger partial charge in [-0.1, -0.05) is 54.9 Å². The van der Waals surface area contributed by atoms with Gasteiger partial charge in [0, 0.05) is 11.4 Å². The van der Waals surface area contributed by atoms with Crippen LogP contribution in [-0.4, -0.2) is 5.91 Å². The van der Waals surface area contributed by atoms with Crippen LogP contribution in [0.1, 0.15) is 43.0 Å². The van der Waals surface area contributed by atoms with Gasteiger partial charge in [0.15, 0.2) is 0 Å². The Kier molecular flexibility index (Phi) is 6.02. The Bertz CT molecular complexity index is 604. The van der Waals surface area contributed by atoms with E-state index in [4.69, 9.17) is 11.6 Å². The third kappa shape index (κ3) is 4.88. The third-order valence-corrected chi connectivity index (χ3v) is 4.07. The fraction of sp³-hybridized carbons (Fsp3) is 0.316. The molecule has 2 rings (SSSR count). The molecular weight excluding hydrogens is 294 g/mol. The van der Waals surface area contributed by atoms with Crippen LogP contribution in [0.25, 0.3) is 0 Å². The van der Waals surface area contributed by atoms with Gasteiger partial charge >= 0.3 is 0 Å². The minimum absolute atomic E-state index is 0.0311. The number of carbonyl (C=O) groups excluding carboxylic acids is 1. The SMILES string of the molecule is CCc1ccc(C(C)NC(=O)CCc2ccc(Cl)cc2)cc1. The molecule has 22 heavy (non-hydrogen) atoms. The summed E-state index contributed by atoms with van der Waals surface area (Å²) in [5.41, 5.74) is 3.57. The maximum absolute atomic E-state index is 12.1. The number of carbonyl (C=O) groups is 1. The molecule has 0 radical (unpaired) electrons. The molecule has 1 amide bonds. The van der Waals surface area contributed by atoms with Crippen molar-refractivity contribution >= 4 is 17.5 Å². The van der Waals surface area contributed by atoms with E-state index < -0.39 is 0 Å². The summed E-state index contributed by atoms with van der Waals surface area (Å²) in [5, 5.41) is 3.77. The number of aryl methyl sites for hydroxylation is 2. The van der Waals surface area contributed by atoms with Crippen LogP contribution in [0.15, 0.2) is 48.5 Å². The number of benzene rings is 2. The second kappa shape index (κ2) is 8.00. The summed E-state index contributed by atoms with van der Waals surface area (Å²) in [5.74, 6) is 0.0713. The van der Waals surface area contributed by atoms with Crippen molar-refractivity contribution < 1.29 is 4.79 Å². The number of amides is 1. The van der Waals surface area contributed by atoms with Gasteiger partial charge in [-0.3, -0.25) is 4.79 Å². The second-order valence-corrected chi connectivity index (χ2v) is 5.95. The number of nitrogens with one attached hydrogen (secondary N) is 1. The molecule has 0 saturated carbocycles. The number of halogens is 1. The predicted octanol–water partition coefficient (Wildman–Crippen LogP) is 4.71. The molecular formula is C19H22ClNO. The number of hydrogen-bond acceptors (Lipinski definition) is 1. The highest BCUT2D eigenvalue weighted by atomic mass is 35.5. The molecule has 1 unspecified atom stereocenters. The zero-order chi connectivity index (χ0) is 15.9. The van der Waals surface area contributed by atoms with Crippen molar-refractivity contribution in [2.75, 3.05) is 0 Å². The second-order valence-electron chi connectivity index (χ2n) is 5.51. The first-order chi connectivity index (χ1) is 10.6. The van der Waals surface area contributed by atoms with Crippen LogP contribution in [0.5, 0.6) is 0 Å². The average molecular weight is 316 g/mol. The zero-order valence-corrected chi connectivity index (χ0v) is 13.9. The molecule has 0 aromatic heterocycles. The first-order valence-corrected chi connectivity index (χ1v) is 8.09. The number of rotatable bonds is 6. The van der Waals surface area contributed by atoms with Gasteiger partial charge in [0.25, 0.3) is 0 Å². The zero-order valence-electron chi connectivity index (χ0n) is 13.1. The molecule has 0 aliphatic rings. The predicted molar refractivity (Wildman–Crippen MR) is 92.2 cm³/mol. The van der Waals surface area contributed by atoms with Crippen LogP contribution in [0.3, 0.4) is 0 Å². The molecule has 0 aliphatic carbocycles. The highest BCUT2D eigenvalue weighted by molar-refractivity contribution is 6.30. The molecule has 0 saturated heterocycles. The minimum Gasteiger partial charge on any atom is -0.350 e. The Balaban J connectivity index is 1.83. The lowest BCUT2D eigenvalue weighted by molar-refractivity contribution is -0.121. The van der Waals surface area contributed by atoms with E-state index >= 15 is 0 Å². The number of hydrogen-bond donors (Lipinski definition) is 1. The van der Waals surface area contributed by atoms with Crippen LogP contribution >= 0.6 is 11.6 Å². The van der Waals surface area contributed by atoms with E-state index in [1.54, 1.807) is 0 Å². The molecule has 2 aromatic rings. The standard InChI is InChI=1S/C19H22ClNO/c1-3-15-4-9-17(10-5-15)14(2)21-19(22)13-8-16-6-11-18(20)12-7-16/h4-7,9-12,14H,3,8,13H2,1-2H3,(H,21,22). The molecule has 2 aromatic carbocycles.